The van der Waals surface area contributed by atoms with E-state index >= 15 is 0 Å². The first-order chi connectivity index (χ1) is 11.2. The van der Waals surface area contributed by atoms with Crippen molar-refractivity contribution < 1.29 is 9.84 Å². The van der Waals surface area contributed by atoms with Gasteiger partial charge in [-0.15, -0.1) is 0 Å². The van der Waals surface area contributed by atoms with Crippen molar-refractivity contribution in [3.63, 3.8) is 0 Å². The first kappa shape index (κ1) is 18.0. The number of hydrogen-bond acceptors (Lipinski definition) is 4. The third-order valence-electron chi connectivity index (χ3n) is 4.25. The SMILES string of the molecule is CC(C)=CCN1CCC(NCc2ccccc2OCCO)CC1. The van der Waals surface area contributed by atoms with Gasteiger partial charge >= 0.3 is 0 Å². The van der Waals surface area contributed by atoms with Gasteiger partial charge in [-0.2, -0.15) is 0 Å². The summed E-state index contributed by atoms with van der Waals surface area (Å²) in [5.74, 6) is 0.870. The van der Waals surface area contributed by atoms with Crippen molar-refractivity contribution in [2.75, 3.05) is 32.8 Å². The van der Waals surface area contributed by atoms with Crippen LogP contribution in [0.4, 0.5) is 0 Å². The number of nitrogens with zero attached hydrogens (tertiary/aromatic N) is 1. The van der Waals surface area contributed by atoms with Gasteiger partial charge in [-0.05, 0) is 45.8 Å². The van der Waals surface area contributed by atoms with E-state index in [-0.39, 0.29) is 6.61 Å². The molecule has 0 atom stereocenters. The highest BCUT2D eigenvalue weighted by Gasteiger charge is 2.18. The number of benzene rings is 1. The first-order valence-corrected chi connectivity index (χ1v) is 8.59. The molecule has 1 saturated heterocycles. The standard InChI is InChI=1S/C19H30N2O2/c1-16(2)7-10-21-11-8-18(9-12-21)20-15-17-5-3-4-6-19(17)23-14-13-22/h3-7,18,20,22H,8-15H2,1-2H3. The van der Waals surface area contributed by atoms with Crippen LogP contribution in [0.1, 0.15) is 32.3 Å². The number of hydrogen-bond donors (Lipinski definition) is 2. The van der Waals surface area contributed by atoms with Gasteiger partial charge in [0.1, 0.15) is 12.4 Å². The molecule has 1 fully saturated rings. The van der Waals surface area contributed by atoms with E-state index in [0.29, 0.717) is 12.6 Å². The van der Waals surface area contributed by atoms with Crippen LogP contribution in [0.3, 0.4) is 0 Å². The summed E-state index contributed by atoms with van der Waals surface area (Å²) in [5, 5.41) is 12.6. The molecule has 2 rings (SSSR count). The van der Waals surface area contributed by atoms with E-state index < -0.39 is 0 Å². The van der Waals surface area contributed by atoms with Crippen molar-refractivity contribution in [2.45, 2.75) is 39.3 Å². The summed E-state index contributed by atoms with van der Waals surface area (Å²) in [6.45, 7) is 8.92. The smallest absolute Gasteiger partial charge is 0.123 e. The molecule has 0 amide bonds. The normalized spacial score (nSPS) is 16.3. The molecule has 0 aliphatic carbocycles. The summed E-state index contributed by atoms with van der Waals surface area (Å²) in [4.78, 5) is 2.52. The zero-order valence-electron chi connectivity index (χ0n) is 14.4. The van der Waals surface area contributed by atoms with Crippen molar-refractivity contribution in [2.24, 2.45) is 0 Å². The lowest BCUT2D eigenvalue weighted by Crippen LogP contribution is -2.42. The Balaban J connectivity index is 1.76. The van der Waals surface area contributed by atoms with Gasteiger partial charge in [-0.3, -0.25) is 4.90 Å². The topological polar surface area (TPSA) is 44.7 Å². The molecule has 0 aromatic heterocycles. The Morgan fingerprint density at radius 1 is 1.30 bits per heavy atom. The number of nitrogens with one attached hydrogen (secondary N) is 1. The summed E-state index contributed by atoms with van der Waals surface area (Å²) in [6.07, 6.45) is 4.69. The molecule has 1 aromatic carbocycles. The van der Waals surface area contributed by atoms with E-state index in [1.54, 1.807) is 0 Å². The molecule has 2 N–H and O–H groups in total. The number of para-hydroxylation sites is 1. The van der Waals surface area contributed by atoms with Crippen LogP contribution in [0.2, 0.25) is 0 Å². The second-order valence-corrected chi connectivity index (χ2v) is 6.42. The molecule has 0 spiro atoms. The third-order valence-corrected chi connectivity index (χ3v) is 4.25. The monoisotopic (exact) mass is 318 g/mol. The number of likely N-dealkylation sites (tertiary alicyclic amines) is 1. The summed E-state index contributed by atoms with van der Waals surface area (Å²) in [6, 6.07) is 8.63. The number of rotatable bonds is 8. The molecule has 1 aliphatic heterocycles. The average Bonchev–Trinajstić information content (AvgIpc) is 2.58. The molecule has 128 valence electrons. The predicted octanol–water partition coefficient (Wildman–Crippen LogP) is 2.58. The Morgan fingerprint density at radius 3 is 2.74 bits per heavy atom. The highest BCUT2D eigenvalue weighted by Crippen LogP contribution is 2.19. The number of piperidine rings is 1. The van der Waals surface area contributed by atoms with Crippen LogP contribution >= 0.6 is 0 Å². The Morgan fingerprint density at radius 2 is 2.04 bits per heavy atom. The Hall–Kier alpha value is -1.36. The van der Waals surface area contributed by atoms with Gasteiger partial charge < -0.3 is 15.2 Å². The Labute approximate surface area is 140 Å². The van der Waals surface area contributed by atoms with Crippen molar-refractivity contribution in [3.05, 3.63) is 41.5 Å². The van der Waals surface area contributed by atoms with Crippen LogP contribution in [0, 0.1) is 0 Å². The zero-order chi connectivity index (χ0) is 16.5. The predicted molar refractivity (Wildman–Crippen MR) is 94.8 cm³/mol. The van der Waals surface area contributed by atoms with E-state index in [2.05, 4.69) is 36.2 Å². The van der Waals surface area contributed by atoms with Crippen LogP contribution < -0.4 is 10.1 Å². The van der Waals surface area contributed by atoms with Crippen LogP contribution in [0.15, 0.2) is 35.9 Å². The van der Waals surface area contributed by atoms with Crippen molar-refractivity contribution in [1.82, 2.24) is 10.2 Å². The minimum absolute atomic E-state index is 0.0475. The fourth-order valence-electron chi connectivity index (χ4n) is 2.83. The molecule has 0 saturated carbocycles. The van der Waals surface area contributed by atoms with E-state index in [0.717, 1.165) is 37.5 Å². The molecule has 23 heavy (non-hydrogen) atoms. The minimum atomic E-state index is 0.0475. The fraction of sp³-hybridized carbons (Fsp3) is 0.579. The van der Waals surface area contributed by atoms with Crippen molar-refractivity contribution >= 4 is 0 Å². The third kappa shape index (κ3) is 6.34. The van der Waals surface area contributed by atoms with Gasteiger partial charge in [-0.25, -0.2) is 0 Å². The van der Waals surface area contributed by atoms with E-state index in [1.807, 2.05) is 18.2 Å². The lowest BCUT2D eigenvalue weighted by Gasteiger charge is -2.32. The van der Waals surface area contributed by atoms with Crippen LogP contribution in [0.25, 0.3) is 0 Å². The summed E-state index contributed by atoms with van der Waals surface area (Å²) < 4.78 is 5.59. The van der Waals surface area contributed by atoms with Gasteiger partial charge in [-0.1, -0.05) is 29.8 Å². The highest BCUT2D eigenvalue weighted by atomic mass is 16.5. The maximum Gasteiger partial charge on any atom is 0.123 e. The van der Waals surface area contributed by atoms with Gasteiger partial charge in [0.15, 0.2) is 0 Å². The van der Waals surface area contributed by atoms with Crippen LogP contribution in [-0.2, 0) is 6.54 Å². The van der Waals surface area contributed by atoms with Crippen molar-refractivity contribution in [3.8, 4) is 5.75 Å². The number of ether oxygens (including phenoxy) is 1. The highest BCUT2D eigenvalue weighted by molar-refractivity contribution is 5.33. The summed E-state index contributed by atoms with van der Waals surface area (Å²) in [7, 11) is 0. The zero-order valence-corrected chi connectivity index (χ0v) is 14.4. The van der Waals surface area contributed by atoms with Gasteiger partial charge in [0, 0.05) is 24.7 Å². The van der Waals surface area contributed by atoms with Gasteiger partial charge in [0.25, 0.3) is 0 Å². The maximum atomic E-state index is 8.91. The molecular formula is C19H30N2O2. The molecule has 1 heterocycles. The fourth-order valence-corrected chi connectivity index (χ4v) is 2.83. The van der Waals surface area contributed by atoms with E-state index in [4.69, 9.17) is 9.84 Å². The average molecular weight is 318 g/mol. The van der Waals surface area contributed by atoms with E-state index in [1.165, 1.54) is 18.4 Å². The number of allylic oxidation sites excluding steroid dienone is 1. The first-order valence-electron chi connectivity index (χ1n) is 8.59. The molecule has 0 bridgehead atoms. The number of aliphatic hydroxyl groups is 1. The van der Waals surface area contributed by atoms with Crippen molar-refractivity contribution in [1.29, 1.82) is 0 Å². The second-order valence-electron chi connectivity index (χ2n) is 6.42. The molecule has 1 aliphatic rings. The lowest BCUT2D eigenvalue weighted by molar-refractivity contribution is 0.198. The molecule has 1 aromatic rings. The number of aliphatic hydroxyl groups excluding tert-OH is 1. The van der Waals surface area contributed by atoms with Crippen LogP contribution in [-0.4, -0.2) is 48.9 Å². The molecular weight excluding hydrogens is 288 g/mol. The maximum absolute atomic E-state index is 8.91. The van der Waals surface area contributed by atoms with E-state index in [9.17, 15) is 0 Å². The largest absolute Gasteiger partial charge is 0.491 e. The Kier molecular flexibility index (Phi) is 7.59. The lowest BCUT2D eigenvalue weighted by atomic mass is 10.0. The van der Waals surface area contributed by atoms with Crippen LogP contribution in [0.5, 0.6) is 5.75 Å². The quantitative estimate of drug-likeness (QED) is 0.723. The molecule has 4 heteroatoms. The Bertz CT molecular complexity index is 490. The summed E-state index contributed by atoms with van der Waals surface area (Å²) in [5.41, 5.74) is 2.55. The second kappa shape index (κ2) is 9.71. The molecule has 4 nitrogen and oxygen atoms in total. The molecule has 0 unspecified atom stereocenters. The molecule has 0 radical (unpaired) electrons. The van der Waals surface area contributed by atoms with Gasteiger partial charge in [0.2, 0.25) is 0 Å². The minimum Gasteiger partial charge on any atom is -0.491 e. The summed E-state index contributed by atoms with van der Waals surface area (Å²) >= 11 is 0. The van der Waals surface area contributed by atoms with Gasteiger partial charge in [0.05, 0.1) is 6.61 Å².